The number of fused-ring (bicyclic) bond motifs is 6. The predicted molar refractivity (Wildman–Crippen MR) is 239 cm³/mol. The van der Waals surface area contributed by atoms with Gasteiger partial charge in [0.05, 0.1) is 11.0 Å². The van der Waals surface area contributed by atoms with Gasteiger partial charge in [-0.2, -0.15) is 0 Å². The Morgan fingerprint density at radius 3 is 1.55 bits per heavy atom. The fourth-order valence-corrected chi connectivity index (χ4v) is 8.58. The number of anilines is 3. The van der Waals surface area contributed by atoms with Gasteiger partial charge in [-0.25, -0.2) is 4.39 Å². The number of nitrogens with zero attached hydrogens (tertiary/aromatic N) is 2. The SMILES string of the molecule is Fc1cccc2c3ccccc3n(-c3cccc(N(c4ccc(-c5ccccc5)cc4)c4ccc(-c5cccc6c5oc5c(-c7ccccc7)cccc56)cc4)c3)c12. The zero-order valence-corrected chi connectivity index (χ0v) is 31.4. The van der Waals surface area contributed by atoms with Crippen molar-refractivity contribution in [3.05, 3.63) is 218 Å². The van der Waals surface area contributed by atoms with Gasteiger partial charge in [-0.1, -0.05) is 158 Å². The van der Waals surface area contributed by atoms with Crippen LogP contribution in [0.1, 0.15) is 0 Å². The summed E-state index contributed by atoms with van der Waals surface area (Å²) in [7, 11) is 0. The summed E-state index contributed by atoms with van der Waals surface area (Å²) < 4.78 is 24.5. The molecule has 0 atom stereocenters. The molecule has 58 heavy (non-hydrogen) atoms. The van der Waals surface area contributed by atoms with Crippen LogP contribution in [0.3, 0.4) is 0 Å². The van der Waals surface area contributed by atoms with Crippen molar-refractivity contribution in [2.45, 2.75) is 0 Å². The number of rotatable bonds is 7. The van der Waals surface area contributed by atoms with E-state index in [1.54, 1.807) is 6.07 Å². The minimum Gasteiger partial charge on any atom is -0.455 e. The average molecular weight is 747 g/mol. The summed E-state index contributed by atoms with van der Waals surface area (Å²) in [6.07, 6.45) is 0. The molecule has 0 bridgehead atoms. The molecule has 0 unspecified atom stereocenters. The highest BCUT2D eigenvalue weighted by atomic mass is 19.1. The summed E-state index contributed by atoms with van der Waals surface area (Å²) in [5, 5.41) is 4.10. The van der Waals surface area contributed by atoms with Gasteiger partial charge in [-0.05, 0) is 76.9 Å². The fourth-order valence-electron chi connectivity index (χ4n) is 8.58. The van der Waals surface area contributed by atoms with Gasteiger partial charge in [0.1, 0.15) is 17.0 Å². The normalized spacial score (nSPS) is 11.5. The van der Waals surface area contributed by atoms with Crippen molar-refractivity contribution in [2.75, 3.05) is 4.90 Å². The molecule has 0 radical (unpaired) electrons. The van der Waals surface area contributed by atoms with Gasteiger partial charge >= 0.3 is 0 Å². The molecule has 11 aromatic rings. The molecule has 0 N–H and O–H groups in total. The van der Waals surface area contributed by atoms with Crippen molar-refractivity contribution in [2.24, 2.45) is 0 Å². The standard InChI is InChI=1S/C54H35FN2O/c55-50-25-12-22-47-46-19-7-8-26-51(46)57(52(47)50)43-18-9-17-42(35-43)56(40-31-27-37(28-32-40)36-13-3-1-4-14-36)41-33-29-39(30-34-41)45-21-11-24-49-48-23-10-20-44(53(48)58-54(45)49)38-15-5-2-6-16-38/h1-35H. The first-order chi connectivity index (χ1) is 28.7. The number of benzene rings is 9. The van der Waals surface area contributed by atoms with Crippen LogP contribution in [0.4, 0.5) is 21.5 Å². The summed E-state index contributed by atoms with van der Waals surface area (Å²) >= 11 is 0. The fraction of sp³-hybridized carbons (Fsp3) is 0. The Morgan fingerprint density at radius 2 is 0.879 bits per heavy atom. The smallest absolute Gasteiger partial charge is 0.147 e. The summed E-state index contributed by atoms with van der Waals surface area (Å²) in [5.74, 6) is -0.251. The van der Waals surface area contributed by atoms with Crippen molar-refractivity contribution in [3.8, 4) is 39.1 Å². The van der Waals surface area contributed by atoms with Gasteiger partial charge in [-0.3, -0.25) is 0 Å². The highest BCUT2D eigenvalue weighted by molar-refractivity contribution is 6.13. The summed E-state index contributed by atoms with van der Waals surface area (Å²) in [6, 6.07) is 72.8. The first-order valence-electron chi connectivity index (χ1n) is 19.5. The average Bonchev–Trinajstić information content (AvgIpc) is 3.85. The minimum atomic E-state index is -0.251. The lowest BCUT2D eigenvalue weighted by atomic mass is 10.00. The van der Waals surface area contributed by atoms with Crippen LogP contribution in [-0.4, -0.2) is 4.57 Å². The molecule has 0 aliphatic rings. The number of halogens is 1. The number of para-hydroxylation sites is 4. The van der Waals surface area contributed by atoms with E-state index >= 15 is 4.39 Å². The molecular formula is C54H35FN2O. The minimum absolute atomic E-state index is 0.251. The first kappa shape index (κ1) is 33.6. The van der Waals surface area contributed by atoms with Crippen molar-refractivity contribution in [1.82, 2.24) is 4.57 Å². The second-order valence-electron chi connectivity index (χ2n) is 14.6. The first-order valence-corrected chi connectivity index (χ1v) is 19.5. The van der Waals surface area contributed by atoms with Crippen molar-refractivity contribution in [1.29, 1.82) is 0 Å². The van der Waals surface area contributed by atoms with Crippen LogP contribution in [0.15, 0.2) is 217 Å². The van der Waals surface area contributed by atoms with E-state index in [0.29, 0.717) is 5.52 Å². The van der Waals surface area contributed by atoms with Gasteiger partial charge in [0.25, 0.3) is 0 Å². The molecule has 3 nitrogen and oxygen atoms in total. The van der Waals surface area contributed by atoms with Gasteiger partial charge in [-0.15, -0.1) is 0 Å². The van der Waals surface area contributed by atoms with E-state index in [4.69, 9.17) is 4.42 Å². The van der Waals surface area contributed by atoms with E-state index in [0.717, 1.165) is 94.4 Å². The zero-order chi connectivity index (χ0) is 38.6. The van der Waals surface area contributed by atoms with Crippen LogP contribution < -0.4 is 4.90 Å². The second-order valence-corrected chi connectivity index (χ2v) is 14.6. The molecule has 0 aliphatic heterocycles. The third-order valence-electron chi connectivity index (χ3n) is 11.3. The van der Waals surface area contributed by atoms with Crippen molar-refractivity contribution >= 4 is 60.8 Å². The molecule has 0 spiro atoms. The van der Waals surface area contributed by atoms with Gasteiger partial charge < -0.3 is 13.9 Å². The molecule has 9 aromatic carbocycles. The van der Waals surface area contributed by atoms with Gasteiger partial charge in [0, 0.05) is 55.4 Å². The highest BCUT2D eigenvalue weighted by Gasteiger charge is 2.20. The maximum Gasteiger partial charge on any atom is 0.147 e. The van der Waals surface area contributed by atoms with Gasteiger partial charge in [0.15, 0.2) is 0 Å². The Morgan fingerprint density at radius 1 is 0.379 bits per heavy atom. The Balaban J connectivity index is 1.04. The number of aromatic nitrogens is 1. The largest absolute Gasteiger partial charge is 0.455 e. The number of furan rings is 1. The molecule has 274 valence electrons. The Bertz CT molecular complexity index is 3270. The Hall–Kier alpha value is -7.69. The molecule has 0 saturated carbocycles. The molecule has 0 fully saturated rings. The van der Waals surface area contributed by atoms with E-state index in [9.17, 15) is 0 Å². The maximum atomic E-state index is 15.7. The van der Waals surface area contributed by atoms with Crippen molar-refractivity contribution in [3.63, 3.8) is 0 Å². The molecule has 0 amide bonds. The maximum absolute atomic E-state index is 15.7. The Labute approximate surface area is 335 Å². The summed E-state index contributed by atoms with van der Waals surface area (Å²) in [5.41, 5.74) is 13.7. The van der Waals surface area contributed by atoms with Gasteiger partial charge in [0.2, 0.25) is 0 Å². The topological polar surface area (TPSA) is 21.3 Å². The van der Waals surface area contributed by atoms with E-state index < -0.39 is 0 Å². The predicted octanol–water partition coefficient (Wildman–Crippen LogP) is 15.3. The summed E-state index contributed by atoms with van der Waals surface area (Å²) in [4.78, 5) is 2.26. The third-order valence-corrected chi connectivity index (χ3v) is 11.3. The molecule has 4 heteroatoms. The van der Waals surface area contributed by atoms with Crippen LogP contribution in [0.25, 0.3) is 82.8 Å². The molecule has 0 saturated heterocycles. The summed E-state index contributed by atoms with van der Waals surface area (Å²) in [6.45, 7) is 0. The van der Waals surface area contributed by atoms with Crippen LogP contribution in [0.2, 0.25) is 0 Å². The van der Waals surface area contributed by atoms with Crippen LogP contribution >= 0.6 is 0 Å². The molecule has 11 rings (SSSR count). The van der Waals surface area contributed by atoms with Crippen molar-refractivity contribution < 1.29 is 8.81 Å². The van der Waals surface area contributed by atoms with Crippen LogP contribution in [0, 0.1) is 5.82 Å². The molecule has 2 aromatic heterocycles. The highest BCUT2D eigenvalue weighted by Crippen LogP contribution is 2.42. The van der Waals surface area contributed by atoms with E-state index in [1.807, 2.05) is 34.9 Å². The van der Waals surface area contributed by atoms with E-state index in [2.05, 4.69) is 175 Å². The van der Waals surface area contributed by atoms with Crippen LogP contribution in [-0.2, 0) is 0 Å². The lowest BCUT2D eigenvalue weighted by Gasteiger charge is -2.26. The second kappa shape index (κ2) is 13.8. The zero-order valence-electron chi connectivity index (χ0n) is 31.4. The molecule has 0 aliphatic carbocycles. The number of hydrogen-bond donors (Lipinski definition) is 0. The Kier molecular flexibility index (Phi) is 8.00. The monoisotopic (exact) mass is 746 g/mol. The molecule has 2 heterocycles. The quantitative estimate of drug-likeness (QED) is 0.162. The lowest BCUT2D eigenvalue weighted by Crippen LogP contribution is -2.10. The number of hydrogen-bond acceptors (Lipinski definition) is 2. The lowest BCUT2D eigenvalue weighted by molar-refractivity contribution is 0.635. The third kappa shape index (κ3) is 5.57. The van der Waals surface area contributed by atoms with Crippen LogP contribution in [0.5, 0.6) is 0 Å². The molecular weight excluding hydrogens is 712 g/mol. The van der Waals surface area contributed by atoms with E-state index in [1.165, 1.54) is 6.07 Å². The van der Waals surface area contributed by atoms with E-state index in [-0.39, 0.29) is 5.82 Å².